The minimum Gasteiger partial charge on any atom is -0.481 e. The Labute approximate surface area is 132 Å². The predicted octanol–water partition coefficient (Wildman–Crippen LogP) is 3.51. The molecule has 0 fully saturated rings. The van der Waals surface area contributed by atoms with Gasteiger partial charge in [-0.3, -0.25) is 9.59 Å². The average molecular weight is 336 g/mol. The molecule has 1 atom stereocenters. The molecule has 1 aromatic carbocycles. The molecule has 0 heterocycles. The lowest BCUT2D eigenvalue weighted by molar-refractivity contribution is -0.141. The number of benzene rings is 1. The SMILES string of the molecule is CSc1cc(C(=O)N(C)CC(C)C(=O)O)c(Cl)cc1Cl. The summed E-state index contributed by atoms with van der Waals surface area (Å²) in [6, 6.07) is 3.15. The largest absolute Gasteiger partial charge is 0.481 e. The lowest BCUT2D eigenvalue weighted by Gasteiger charge is -2.20. The van der Waals surface area contributed by atoms with Crippen LogP contribution in [0.4, 0.5) is 0 Å². The standard InChI is InChI=1S/C13H15Cl2NO3S/c1-7(13(18)19)6-16(2)12(17)8-4-11(20-3)10(15)5-9(8)14/h4-5,7H,6H2,1-3H3,(H,18,19). The summed E-state index contributed by atoms with van der Waals surface area (Å²) in [5.41, 5.74) is 0.320. The lowest BCUT2D eigenvalue weighted by Crippen LogP contribution is -2.33. The molecule has 0 saturated carbocycles. The van der Waals surface area contributed by atoms with E-state index in [1.165, 1.54) is 22.7 Å². The quantitative estimate of drug-likeness (QED) is 0.836. The van der Waals surface area contributed by atoms with E-state index in [9.17, 15) is 9.59 Å². The van der Waals surface area contributed by atoms with Gasteiger partial charge in [0.1, 0.15) is 0 Å². The van der Waals surface area contributed by atoms with Crippen LogP contribution in [0.1, 0.15) is 17.3 Å². The summed E-state index contributed by atoms with van der Waals surface area (Å²) >= 11 is 13.5. The van der Waals surface area contributed by atoms with E-state index >= 15 is 0 Å². The van der Waals surface area contributed by atoms with Crippen LogP contribution in [-0.4, -0.2) is 41.7 Å². The predicted molar refractivity (Wildman–Crippen MR) is 82.0 cm³/mol. The number of hydrogen-bond acceptors (Lipinski definition) is 3. The van der Waals surface area contributed by atoms with Crippen LogP contribution in [0.3, 0.4) is 0 Å². The summed E-state index contributed by atoms with van der Waals surface area (Å²) in [4.78, 5) is 25.2. The fourth-order valence-corrected chi connectivity index (χ4v) is 2.81. The van der Waals surface area contributed by atoms with E-state index in [1.807, 2.05) is 6.26 Å². The summed E-state index contributed by atoms with van der Waals surface area (Å²) in [6.45, 7) is 1.66. The lowest BCUT2D eigenvalue weighted by atomic mass is 10.1. The van der Waals surface area contributed by atoms with Crippen molar-refractivity contribution in [1.82, 2.24) is 4.90 Å². The molecule has 7 heteroatoms. The van der Waals surface area contributed by atoms with Crippen LogP contribution in [0.5, 0.6) is 0 Å². The molecule has 0 spiro atoms. The highest BCUT2D eigenvalue weighted by molar-refractivity contribution is 7.98. The molecule has 4 nitrogen and oxygen atoms in total. The Kier molecular flexibility index (Phi) is 6.17. The third-order valence-electron chi connectivity index (χ3n) is 2.79. The zero-order chi connectivity index (χ0) is 15.4. The number of aliphatic carboxylic acids is 1. The van der Waals surface area contributed by atoms with Crippen LogP contribution in [-0.2, 0) is 4.79 Å². The molecular formula is C13H15Cl2NO3S. The number of amides is 1. The van der Waals surface area contributed by atoms with Gasteiger partial charge >= 0.3 is 5.97 Å². The van der Waals surface area contributed by atoms with Crippen LogP contribution >= 0.6 is 35.0 Å². The molecule has 0 aliphatic rings. The fraction of sp³-hybridized carbons (Fsp3) is 0.385. The first-order valence-electron chi connectivity index (χ1n) is 5.79. The smallest absolute Gasteiger partial charge is 0.308 e. The highest BCUT2D eigenvalue weighted by atomic mass is 35.5. The van der Waals surface area contributed by atoms with Gasteiger partial charge in [0.2, 0.25) is 0 Å². The Morgan fingerprint density at radius 1 is 1.35 bits per heavy atom. The van der Waals surface area contributed by atoms with Gasteiger partial charge in [0.15, 0.2) is 0 Å². The highest BCUT2D eigenvalue weighted by Crippen LogP contribution is 2.31. The Bertz CT molecular complexity index is 537. The summed E-state index contributed by atoms with van der Waals surface area (Å²) in [6.07, 6.45) is 1.85. The molecule has 20 heavy (non-hydrogen) atoms. The van der Waals surface area contributed by atoms with Gasteiger partial charge in [0.25, 0.3) is 5.91 Å². The summed E-state index contributed by atoms with van der Waals surface area (Å²) in [5, 5.41) is 9.62. The van der Waals surface area contributed by atoms with Gasteiger partial charge in [-0.2, -0.15) is 0 Å². The second kappa shape index (κ2) is 7.20. The second-order valence-corrected chi connectivity index (χ2v) is 6.05. The maximum atomic E-state index is 12.3. The zero-order valence-electron chi connectivity index (χ0n) is 11.3. The molecule has 0 aliphatic carbocycles. The Balaban J connectivity index is 3.00. The highest BCUT2D eigenvalue weighted by Gasteiger charge is 2.21. The van der Waals surface area contributed by atoms with Gasteiger partial charge in [0, 0.05) is 18.5 Å². The van der Waals surface area contributed by atoms with E-state index in [0.29, 0.717) is 10.6 Å². The molecule has 0 aromatic heterocycles. The monoisotopic (exact) mass is 335 g/mol. The van der Waals surface area contributed by atoms with E-state index in [4.69, 9.17) is 28.3 Å². The summed E-state index contributed by atoms with van der Waals surface area (Å²) < 4.78 is 0. The minimum atomic E-state index is -0.948. The van der Waals surface area contributed by atoms with Crippen molar-refractivity contribution in [2.45, 2.75) is 11.8 Å². The minimum absolute atomic E-state index is 0.113. The second-order valence-electron chi connectivity index (χ2n) is 4.39. The van der Waals surface area contributed by atoms with Crippen molar-refractivity contribution in [3.63, 3.8) is 0 Å². The number of halogens is 2. The van der Waals surface area contributed by atoms with Gasteiger partial charge in [0.05, 0.1) is 21.5 Å². The van der Waals surface area contributed by atoms with Crippen LogP contribution in [0.25, 0.3) is 0 Å². The first-order valence-corrected chi connectivity index (χ1v) is 7.77. The molecule has 1 amide bonds. The normalized spacial score (nSPS) is 12.1. The van der Waals surface area contributed by atoms with Crippen LogP contribution < -0.4 is 0 Å². The van der Waals surface area contributed by atoms with E-state index in [-0.39, 0.29) is 17.5 Å². The number of thioether (sulfide) groups is 1. The Hall–Kier alpha value is -0.910. The van der Waals surface area contributed by atoms with Crippen LogP contribution in [0, 0.1) is 5.92 Å². The van der Waals surface area contributed by atoms with E-state index in [1.54, 1.807) is 20.0 Å². The first-order chi connectivity index (χ1) is 9.27. The van der Waals surface area contributed by atoms with Crippen molar-refractivity contribution in [2.24, 2.45) is 5.92 Å². The molecule has 1 rings (SSSR count). The fourth-order valence-electron chi connectivity index (χ4n) is 1.63. The van der Waals surface area contributed by atoms with Crippen molar-refractivity contribution in [2.75, 3.05) is 19.8 Å². The number of rotatable bonds is 5. The van der Waals surface area contributed by atoms with E-state index < -0.39 is 11.9 Å². The Morgan fingerprint density at radius 3 is 2.45 bits per heavy atom. The van der Waals surface area contributed by atoms with Crippen LogP contribution in [0.15, 0.2) is 17.0 Å². The summed E-state index contributed by atoms with van der Waals surface area (Å²) in [5.74, 6) is -1.92. The van der Waals surface area contributed by atoms with E-state index in [2.05, 4.69) is 0 Å². The van der Waals surface area contributed by atoms with Gasteiger partial charge < -0.3 is 10.0 Å². The molecule has 0 aliphatic heterocycles. The van der Waals surface area contributed by atoms with Crippen molar-refractivity contribution < 1.29 is 14.7 Å². The van der Waals surface area contributed by atoms with Gasteiger partial charge in [-0.1, -0.05) is 30.1 Å². The number of hydrogen-bond donors (Lipinski definition) is 1. The maximum Gasteiger partial charge on any atom is 0.308 e. The number of carboxylic acids is 1. The van der Waals surface area contributed by atoms with Gasteiger partial charge in [-0.15, -0.1) is 11.8 Å². The van der Waals surface area contributed by atoms with Gasteiger partial charge in [-0.05, 0) is 18.4 Å². The topological polar surface area (TPSA) is 57.6 Å². The van der Waals surface area contributed by atoms with Crippen molar-refractivity contribution >= 4 is 46.8 Å². The molecule has 0 radical (unpaired) electrons. The molecular weight excluding hydrogens is 321 g/mol. The van der Waals surface area contributed by atoms with E-state index in [0.717, 1.165) is 4.90 Å². The first kappa shape index (κ1) is 17.1. The molecule has 0 bridgehead atoms. The summed E-state index contributed by atoms with van der Waals surface area (Å²) in [7, 11) is 1.55. The molecule has 1 aromatic rings. The molecule has 0 saturated heterocycles. The Morgan fingerprint density at radius 2 is 1.95 bits per heavy atom. The van der Waals surface area contributed by atoms with Gasteiger partial charge in [-0.25, -0.2) is 0 Å². The zero-order valence-corrected chi connectivity index (χ0v) is 13.6. The van der Waals surface area contributed by atoms with Crippen LogP contribution in [0.2, 0.25) is 10.0 Å². The average Bonchev–Trinajstić information content (AvgIpc) is 2.37. The third kappa shape index (κ3) is 4.04. The maximum absolute atomic E-state index is 12.3. The number of carboxylic acid groups (broad SMARTS) is 1. The number of carbonyl (C=O) groups is 2. The number of carbonyl (C=O) groups excluding carboxylic acids is 1. The number of nitrogens with zero attached hydrogens (tertiary/aromatic N) is 1. The molecule has 1 unspecified atom stereocenters. The third-order valence-corrected chi connectivity index (χ3v) is 4.30. The van der Waals surface area contributed by atoms with Crippen molar-refractivity contribution in [3.05, 3.63) is 27.7 Å². The van der Waals surface area contributed by atoms with Crippen molar-refractivity contribution in [3.8, 4) is 0 Å². The molecule has 110 valence electrons. The van der Waals surface area contributed by atoms with Crippen molar-refractivity contribution in [1.29, 1.82) is 0 Å². The molecule has 1 N–H and O–H groups in total.